The van der Waals surface area contributed by atoms with Crippen molar-refractivity contribution in [2.45, 2.75) is 37.0 Å². The van der Waals surface area contributed by atoms with Gasteiger partial charge < -0.3 is 4.90 Å². The maximum Gasteiger partial charge on any atom is 0.255 e. The van der Waals surface area contributed by atoms with E-state index in [-0.39, 0.29) is 10.8 Å². The highest BCUT2D eigenvalue weighted by Gasteiger charge is 2.33. The van der Waals surface area contributed by atoms with Crippen molar-refractivity contribution in [1.29, 1.82) is 0 Å². The molecule has 1 heterocycles. The molecule has 1 saturated carbocycles. The van der Waals surface area contributed by atoms with Gasteiger partial charge in [0.15, 0.2) is 0 Å². The van der Waals surface area contributed by atoms with E-state index in [4.69, 9.17) is 5.14 Å². The Labute approximate surface area is 145 Å². The minimum Gasteiger partial charge on any atom is -0.338 e. The van der Waals surface area contributed by atoms with Crippen LogP contribution in [0, 0.1) is 11.8 Å². The Morgan fingerprint density at radius 2 is 1.87 bits per heavy atom. The maximum absolute atomic E-state index is 12.8. The molecule has 0 radical (unpaired) electrons. The number of rotatable bonds is 2. The van der Waals surface area contributed by atoms with E-state index >= 15 is 0 Å². The zero-order valence-electron chi connectivity index (χ0n) is 12.9. The molecule has 1 amide bonds. The number of benzene rings is 1. The molecular formula is C16H21BrN2O3S. The fourth-order valence-corrected chi connectivity index (χ4v) is 4.76. The first-order chi connectivity index (χ1) is 10.9. The van der Waals surface area contributed by atoms with Gasteiger partial charge in [-0.05, 0) is 58.8 Å². The molecule has 2 atom stereocenters. The molecule has 3 rings (SSSR count). The van der Waals surface area contributed by atoms with E-state index in [0.717, 1.165) is 25.4 Å². The third-order valence-electron chi connectivity index (χ3n) is 5.08. The van der Waals surface area contributed by atoms with E-state index in [1.165, 1.54) is 37.8 Å². The Kier molecular flexibility index (Phi) is 4.80. The summed E-state index contributed by atoms with van der Waals surface area (Å²) in [6.45, 7) is 1.52. The standard InChI is InChI=1S/C16H21BrN2O3S/c17-15-6-5-13(23(18,21)22)9-14(15)16(20)19-8-7-11-3-1-2-4-12(11)10-19/h5-6,9,11-12H,1-4,7-8,10H2,(H2,18,21,22)/t11-,12+/m1/s1. The molecule has 1 aromatic carbocycles. The zero-order valence-corrected chi connectivity index (χ0v) is 15.3. The molecule has 23 heavy (non-hydrogen) atoms. The molecule has 0 unspecified atom stereocenters. The van der Waals surface area contributed by atoms with Crippen LogP contribution < -0.4 is 5.14 Å². The molecule has 0 spiro atoms. The van der Waals surface area contributed by atoms with Crippen molar-refractivity contribution in [3.05, 3.63) is 28.2 Å². The molecule has 1 aliphatic carbocycles. The van der Waals surface area contributed by atoms with Crippen molar-refractivity contribution in [3.8, 4) is 0 Å². The van der Waals surface area contributed by atoms with Crippen LogP contribution >= 0.6 is 15.9 Å². The highest BCUT2D eigenvalue weighted by atomic mass is 79.9. The van der Waals surface area contributed by atoms with E-state index in [1.807, 2.05) is 4.90 Å². The van der Waals surface area contributed by atoms with Crippen molar-refractivity contribution < 1.29 is 13.2 Å². The number of nitrogens with zero attached hydrogens (tertiary/aromatic N) is 1. The molecule has 7 heteroatoms. The number of nitrogens with two attached hydrogens (primary N) is 1. The topological polar surface area (TPSA) is 80.5 Å². The Balaban J connectivity index is 1.83. The monoisotopic (exact) mass is 400 g/mol. The van der Waals surface area contributed by atoms with Crippen LogP contribution in [0.2, 0.25) is 0 Å². The second-order valence-corrected chi connectivity index (χ2v) is 8.95. The van der Waals surface area contributed by atoms with Gasteiger partial charge in [0.1, 0.15) is 0 Å². The van der Waals surface area contributed by atoms with Gasteiger partial charge in [-0.1, -0.05) is 19.3 Å². The third-order valence-corrected chi connectivity index (χ3v) is 6.68. The molecule has 2 aliphatic rings. The lowest BCUT2D eigenvalue weighted by molar-refractivity contribution is 0.0520. The fourth-order valence-electron chi connectivity index (χ4n) is 3.80. The van der Waals surface area contributed by atoms with Gasteiger partial charge in [-0.3, -0.25) is 4.79 Å². The van der Waals surface area contributed by atoms with Crippen LogP contribution in [0.1, 0.15) is 42.5 Å². The molecule has 1 aliphatic heterocycles. The second kappa shape index (κ2) is 6.53. The van der Waals surface area contributed by atoms with E-state index in [9.17, 15) is 13.2 Å². The summed E-state index contributed by atoms with van der Waals surface area (Å²) >= 11 is 3.35. The predicted molar refractivity (Wildman–Crippen MR) is 91.5 cm³/mol. The highest BCUT2D eigenvalue weighted by molar-refractivity contribution is 9.10. The van der Waals surface area contributed by atoms with Gasteiger partial charge in [-0.15, -0.1) is 0 Å². The summed E-state index contributed by atoms with van der Waals surface area (Å²) in [6.07, 6.45) is 6.05. The summed E-state index contributed by atoms with van der Waals surface area (Å²) in [6, 6.07) is 4.35. The number of hydrogen-bond donors (Lipinski definition) is 1. The lowest BCUT2D eigenvalue weighted by Crippen LogP contribution is -2.44. The largest absolute Gasteiger partial charge is 0.338 e. The number of carbonyl (C=O) groups is 1. The van der Waals surface area contributed by atoms with Crippen LogP contribution in [0.5, 0.6) is 0 Å². The number of carbonyl (C=O) groups excluding carboxylic acids is 1. The number of piperidine rings is 1. The van der Waals surface area contributed by atoms with Gasteiger partial charge in [0, 0.05) is 17.6 Å². The van der Waals surface area contributed by atoms with E-state index in [0.29, 0.717) is 16.0 Å². The summed E-state index contributed by atoms with van der Waals surface area (Å²) in [5.74, 6) is 1.21. The average Bonchev–Trinajstić information content (AvgIpc) is 2.53. The number of amides is 1. The molecule has 0 aromatic heterocycles. The summed E-state index contributed by atoms with van der Waals surface area (Å²) in [4.78, 5) is 14.7. The highest BCUT2D eigenvalue weighted by Crippen LogP contribution is 2.36. The van der Waals surface area contributed by atoms with Crippen LogP contribution in [0.3, 0.4) is 0 Å². The van der Waals surface area contributed by atoms with Gasteiger partial charge in [0.25, 0.3) is 5.91 Å². The van der Waals surface area contributed by atoms with Crippen LogP contribution in [0.25, 0.3) is 0 Å². The number of fused-ring (bicyclic) bond motifs is 1. The third kappa shape index (κ3) is 3.61. The first-order valence-electron chi connectivity index (χ1n) is 7.98. The molecule has 1 saturated heterocycles. The molecule has 1 aromatic rings. The average molecular weight is 401 g/mol. The van der Waals surface area contributed by atoms with Gasteiger partial charge in [0.05, 0.1) is 10.5 Å². The van der Waals surface area contributed by atoms with Crippen LogP contribution in [-0.4, -0.2) is 32.3 Å². The number of likely N-dealkylation sites (tertiary alicyclic amines) is 1. The molecule has 5 nitrogen and oxygen atoms in total. The van der Waals surface area contributed by atoms with Crippen molar-refractivity contribution in [3.63, 3.8) is 0 Å². The lowest BCUT2D eigenvalue weighted by atomic mass is 9.75. The Morgan fingerprint density at radius 1 is 1.17 bits per heavy atom. The van der Waals surface area contributed by atoms with Crippen molar-refractivity contribution in [1.82, 2.24) is 4.90 Å². The quantitative estimate of drug-likeness (QED) is 0.828. The van der Waals surface area contributed by atoms with Crippen LogP contribution in [0.15, 0.2) is 27.6 Å². The van der Waals surface area contributed by atoms with E-state index < -0.39 is 10.0 Å². The lowest BCUT2D eigenvalue weighted by Gasteiger charge is -2.41. The van der Waals surface area contributed by atoms with Gasteiger partial charge in [0.2, 0.25) is 10.0 Å². The van der Waals surface area contributed by atoms with E-state index in [1.54, 1.807) is 6.07 Å². The Hall–Kier alpha value is -0.920. The number of hydrogen-bond acceptors (Lipinski definition) is 3. The Morgan fingerprint density at radius 3 is 2.57 bits per heavy atom. The van der Waals surface area contributed by atoms with Gasteiger partial charge >= 0.3 is 0 Å². The molecule has 0 bridgehead atoms. The zero-order chi connectivity index (χ0) is 16.6. The summed E-state index contributed by atoms with van der Waals surface area (Å²) in [5, 5.41) is 5.17. The Bertz CT molecular complexity index is 720. The van der Waals surface area contributed by atoms with Crippen LogP contribution in [0.4, 0.5) is 0 Å². The minimum atomic E-state index is -3.82. The van der Waals surface area contributed by atoms with E-state index in [2.05, 4.69) is 15.9 Å². The molecule has 2 fully saturated rings. The number of primary sulfonamides is 1. The smallest absolute Gasteiger partial charge is 0.255 e. The minimum absolute atomic E-state index is 0.0309. The summed E-state index contributed by atoms with van der Waals surface area (Å²) in [7, 11) is -3.82. The SMILES string of the molecule is NS(=O)(=O)c1ccc(Br)c(C(=O)N2CC[C@H]3CCCC[C@H]3C2)c1. The first-order valence-corrected chi connectivity index (χ1v) is 10.3. The summed E-state index contributed by atoms with van der Waals surface area (Å²) in [5.41, 5.74) is 0.366. The number of halogens is 1. The molecular weight excluding hydrogens is 380 g/mol. The van der Waals surface area contributed by atoms with Crippen molar-refractivity contribution in [2.24, 2.45) is 17.0 Å². The van der Waals surface area contributed by atoms with Crippen molar-refractivity contribution in [2.75, 3.05) is 13.1 Å². The predicted octanol–water partition coefficient (Wildman–Crippen LogP) is 2.75. The number of sulfonamides is 1. The molecule has 126 valence electrons. The molecule has 2 N–H and O–H groups in total. The summed E-state index contributed by atoms with van der Waals surface area (Å²) < 4.78 is 23.6. The van der Waals surface area contributed by atoms with Gasteiger partial charge in [-0.2, -0.15) is 0 Å². The normalized spacial score (nSPS) is 25.0. The maximum atomic E-state index is 12.8. The second-order valence-electron chi connectivity index (χ2n) is 6.53. The van der Waals surface area contributed by atoms with Crippen molar-refractivity contribution >= 4 is 31.9 Å². The first kappa shape index (κ1) is 16.9. The van der Waals surface area contributed by atoms with Gasteiger partial charge in [-0.25, -0.2) is 13.6 Å². The van der Waals surface area contributed by atoms with Crippen LogP contribution in [-0.2, 0) is 10.0 Å². The fraction of sp³-hybridized carbons (Fsp3) is 0.562.